The van der Waals surface area contributed by atoms with Crippen LogP contribution in [0.25, 0.3) is 0 Å². The minimum Gasteiger partial charge on any atom is -0.490 e. The van der Waals surface area contributed by atoms with Crippen LogP contribution in [0.5, 0.6) is 11.5 Å². The minimum atomic E-state index is -2.91. The summed E-state index contributed by atoms with van der Waals surface area (Å²) in [6.45, 7) is -0.837. The summed E-state index contributed by atoms with van der Waals surface area (Å²) in [5.74, 6) is -0.0518. The first kappa shape index (κ1) is 13.6. The fourth-order valence-corrected chi connectivity index (χ4v) is 1.95. The number of carbonyl (C=O) groups excluding carboxylic acids is 1. The van der Waals surface area contributed by atoms with E-state index in [0.29, 0.717) is 19.4 Å². The van der Waals surface area contributed by atoms with Crippen LogP contribution in [0.1, 0.15) is 31.4 Å². The number of halogens is 2. The van der Waals surface area contributed by atoms with Crippen LogP contribution in [0.3, 0.4) is 0 Å². The lowest BCUT2D eigenvalue weighted by atomic mass is 10.1. The van der Waals surface area contributed by atoms with E-state index in [1.807, 2.05) is 0 Å². The molecule has 2 rings (SSSR count). The van der Waals surface area contributed by atoms with Crippen LogP contribution in [-0.4, -0.2) is 19.2 Å². The van der Waals surface area contributed by atoms with E-state index in [4.69, 9.17) is 9.47 Å². The normalized spacial score (nSPS) is 18.5. The molecule has 0 saturated carbocycles. The average molecular weight is 272 g/mol. The molecule has 1 unspecified atom stereocenters. The third kappa shape index (κ3) is 3.33. The number of cyclic esters (lactones) is 1. The molecule has 4 nitrogen and oxygen atoms in total. The number of ether oxygens (including phenoxy) is 3. The lowest BCUT2D eigenvalue weighted by molar-refractivity contribution is -0.141. The molecule has 6 heteroatoms. The Labute approximate surface area is 109 Å². The maximum Gasteiger partial charge on any atom is 0.387 e. The summed E-state index contributed by atoms with van der Waals surface area (Å²) in [6, 6.07) is 4.58. The van der Waals surface area contributed by atoms with Crippen molar-refractivity contribution in [1.82, 2.24) is 0 Å². The molecule has 1 atom stereocenters. The van der Waals surface area contributed by atoms with Gasteiger partial charge in [0.15, 0.2) is 11.5 Å². The Morgan fingerprint density at radius 1 is 1.42 bits per heavy atom. The monoisotopic (exact) mass is 272 g/mol. The highest BCUT2D eigenvalue weighted by Gasteiger charge is 2.26. The van der Waals surface area contributed by atoms with Crippen molar-refractivity contribution in [3.05, 3.63) is 23.8 Å². The molecular weight excluding hydrogens is 258 g/mol. The highest BCUT2D eigenvalue weighted by Crippen LogP contribution is 2.36. The van der Waals surface area contributed by atoms with E-state index in [1.165, 1.54) is 6.07 Å². The zero-order valence-corrected chi connectivity index (χ0v) is 10.4. The van der Waals surface area contributed by atoms with Crippen LogP contribution in [-0.2, 0) is 9.53 Å². The molecule has 0 spiro atoms. The van der Waals surface area contributed by atoms with Gasteiger partial charge in [-0.25, -0.2) is 0 Å². The highest BCUT2D eigenvalue weighted by molar-refractivity contribution is 5.71. The van der Waals surface area contributed by atoms with Gasteiger partial charge in [-0.2, -0.15) is 8.78 Å². The Bertz CT molecular complexity index is 462. The first-order valence-electron chi connectivity index (χ1n) is 6.01. The van der Waals surface area contributed by atoms with Crippen LogP contribution in [0.2, 0.25) is 0 Å². The van der Waals surface area contributed by atoms with E-state index in [0.717, 1.165) is 5.56 Å². The number of hydrogen-bond acceptors (Lipinski definition) is 4. The van der Waals surface area contributed by atoms with Gasteiger partial charge in [-0.05, 0) is 31.0 Å². The van der Waals surface area contributed by atoms with Crippen LogP contribution in [0.4, 0.5) is 8.78 Å². The van der Waals surface area contributed by atoms with Crippen LogP contribution < -0.4 is 9.47 Å². The van der Waals surface area contributed by atoms with E-state index in [9.17, 15) is 13.6 Å². The molecule has 19 heavy (non-hydrogen) atoms. The van der Waals surface area contributed by atoms with Gasteiger partial charge in [-0.1, -0.05) is 6.07 Å². The number of hydrogen-bond donors (Lipinski definition) is 0. The molecule has 0 radical (unpaired) electrons. The average Bonchev–Trinajstić information content (AvgIpc) is 2.78. The molecular formula is C13H14F2O4. The van der Waals surface area contributed by atoms with Gasteiger partial charge in [0.1, 0.15) is 6.10 Å². The molecule has 0 bridgehead atoms. The summed E-state index contributed by atoms with van der Waals surface area (Å²) in [6.07, 6.45) is 0.607. The zero-order valence-electron chi connectivity index (χ0n) is 10.4. The molecule has 1 heterocycles. The highest BCUT2D eigenvalue weighted by atomic mass is 19.3. The number of alkyl halides is 2. The van der Waals surface area contributed by atoms with Gasteiger partial charge in [-0.3, -0.25) is 4.79 Å². The van der Waals surface area contributed by atoms with Crippen molar-refractivity contribution >= 4 is 5.97 Å². The standard InChI is InChI=1S/C13H14F2O4/c1-2-17-11-7-8(9-5-6-12(16)18-9)3-4-10(11)19-13(14)15/h3-4,7,9,13H,2,5-6H2,1H3. The molecule has 1 saturated heterocycles. The van der Waals surface area contributed by atoms with Gasteiger partial charge in [0.2, 0.25) is 0 Å². The van der Waals surface area contributed by atoms with Gasteiger partial charge in [0, 0.05) is 6.42 Å². The van der Waals surface area contributed by atoms with E-state index >= 15 is 0 Å². The number of carbonyl (C=O) groups is 1. The van der Waals surface area contributed by atoms with E-state index in [1.54, 1.807) is 19.1 Å². The van der Waals surface area contributed by atoms with E-state index in [2.05, 4.69) is 4.74 Å². The predicted molar refractivity (Wildman–Crippen MR) is 62.3 cm³/mol. The van der Waals surface area contributed by atoms with Gasteiger partial charge >= 0.3 is 12.6 Å². The number of benzene rings is 1. The topological polar surface area (TPSA) is 44.8 Å². The first-order valence-corrected chi connectivity index (χ1v) is 6.01. The Morgan fingerprint density at radius 3 is 2.79 bits per heavy atom. The minimum absolute atomic E-state index is 0.0232. The molecule has 0 amide bonds. The van der Waals surface area contributed by atoms with Gasteiger partial charge in [0.05, 0.1) is 6.61 Å². The Balaban J connectivity index is 2.22. The zero-order chi connectivity index (χ0) is 13.8. The van der Waals surface area contributed by atoms with E-state index in [-0.39, 0.29) is 23.6 Å². The van der Waals surface area contributed by atoms with Crippen LogP contribution in [0, 0.1) is 0 Å². The second-order valence-corrected chi connectivity index (χ2v) is 4.03. The second-order valence-electron chi connectivity index (χ2n) is 4.03. The summed E-state index contributed by atoms with van der Waals surface area (Å²) >= 11 is 0. The molecule has 1 fully saturated rings. The Hall–Kier alpha value is -1.85. The lowest BCUT2D eigenvalue weighted by Gasteiger charge is -2.15. The summed E-state index contributed by atoms with van der Waals surface area (Å²) in [4.78, 5) is 11.1. The summed E-state index contributed by atoms with van der Waals surface area (Å²) in [5.41, 5.74) is 0.718. The molecule has 0 N–H and O–H groups in total. The van der Waals surface area contributed by atoms with E-state index < -0.39 is 6.61 Å². The molecule has 1 aromatic rings. The molecule has 0 aromatic heterocycles. The van der Waals surface area contributed by atoms with Crippen LogP contribution >= 0.6 is 0 Å². The lowest BCUT2D eigenvalue weighted by Crippen LogP contribution is -2.06. The fourth-order valence-electron chi connectivity index (χ4n) is 1.95. The summed E-state index contributed by atoms with van der Waals surface area (Å²) < 4.78 is 39.2. The third-order valence-corrected chi connectivity index (χ3v) is 2.74. The molecule has 1 aromatic carbocycles. The Kier molecular flexibility index (Phi) is 4.19. The first-order chi connectivity index (χ1) is 9.10. The largest absolute Gasteiger partial charge is 0.490 e. The summed E-state index contributed by atoms with van der Waals surface area (Å²) in [5, 5.41) is 0. The number of esters is 1. The summed E-state index contributed by atoms with van der Waals surface area (Å²) in [7, 11) is 0. The molecule has 0 aliphatic carbocycles. The van der Waals surface area contributed by atoms with Gasteiger partial charge in [0.25, 0.3) is 0 Å². The predicted octanol–water partition coefficient (Wildman–Crippen LogP) is 3.06. The molecule has 1 aliphatic rings. The van der Waals surface area contributed by atoms with Crippen molar-refractivity contribution in [3.8, 4) is 11.5 Å². The van der Waals surface area contributed by atoms with Crippen molar-refractivity contribution in [2.24, 2.45) is 0 Å². The van der Waals surface area contributed by atoms with Gasteiger partial charge in [-0.15, -0.1) is 0 Å². The van der Waals surface area contributed by atoms with Crippen molar-refractivity contribution in [2.75, 3.05) is 6.61 Å². The second kappa shape index (κ2) is 5.86. The SMILES string of the molecule is CCOc1cc(C2CCC(=O)O2)ccc1OC(F)F. The van der Waals surface area contributed by atoms with Crippen LogP contribution in [0.15, 0.2) is 18.2 Å². The maximum atomic E-state index is 12.2. The Morgan fingerprint density at radius 2 is 2.21 bits per heavy atom. The van der Waals surface area contributed by atoms with Crippen molar-refractivity contribution < 1.29 is 27.8 Å². The van der Waals surface area contributed by atoms with Crippen molar-refractivity contribution in [1.29, 1.82) is 0 Å². The number of rotatable bonds is 5. The molecule has 104 valence electrons. The molecule has 1 aliphatic heterocycles. The van der Waals surface area contributed by atoms with Crippen molar-refractivity contribution in [2.45, 2.75) is 32.5 Å². The smallest absolute Gasteiger partial charge is 0.387 e. The fraction of sp³-hybridized carbons (Fsp3) is 0.462. The maximum absolute atomic E-state index is 12.2. The third-order valence-electron chi connectivity index (χ3n) is 2.74. The van der Waals surface area contributed by atoms with Gasteiger partial charge < -0.3 is 14.2 Å². The van der Waals surface area contributed by atoms with Crippen molar-refractivity contribution in [3.63, 3.8) is 0 Å². The quantitative estimate of drug-likeness (QED) is 0.773.